The van der Waals surface area contributed by atoms with Gasteiger partial charge in [0.05, 0.1) is 15.6 Å². The van der Waals surface area contributed by atoms with Gasteiger partial charge in [0.15, 0.2) is 4.34 Å². The van der Waals surface area contributed by atoms with E-state index in [0.717, 1.165) is 23.0 Å². The largest absolute Gasteiger partial charge is 0.351 e. The third kappa shape index (κ3) is 6.85. The number of aryl methyl sites for hydroxylation is 1. The first-order valence-electron chi connectivity index (χ1n) is 9.41. The fraction of sp³-hybridized carbons (Fsp3) is 0.200. The average molecular weight is 493 g/mol. The van der Waals surface area contributed by atoms with Crippen molar-refractivity contribution in [3.8, 4) is 0 Å². The van der Waals surface area contributed by atoms with Crippen LogP contribution in [-0.2, 0) is 16.6 Å². The molecule has 168 valence electrons. The van der Waals surface area contributed by atoms with E-state index in [-0.39, 0.29) is 30.1 Å². The van der Waals surface area contributed by atoms with Crippen molar-refractivity contribution in [2.75, 3.05) is 12.3 Å². The van der Waals surface area contributed by atoms with Crippen LogP contribution in [0.1, 0.15) is 21.6 Å². The summed E-state index contributed by atoms with van der Waals surface area (Å²) in [6, 6.07) is 13.2. The van der Waals surface area contributed by atoms with Gasteiger partial charge in [0.2, 0.25) is 10.0 Å². The van der Waals surface area contributed by atoms with E-state index >= 15 is 0 Å². The maximum atomic E-state index is 12.4. The molecular weight excluding hydrogens is 472 g/mol. The second kappa shape index (κ2) is 10.7. The Hall–Kier alpha value is -2.80. The number of sulfonamides is 1. The molecule has 0 saturated carbocycles. The van der Waals surface area contributed by atoms with Gasteiger partial charge in [0.25, 0.3) is 11.6 Å². The number of benzene rings is 2. The van der Waals surface area contributed by atoms with Gasteiger partial charge in [0.1, 0.15) is 0 Å². The van der Waals surface area contributed by atoms with Crippen LogP contribution in [0.4, 0.5) is 5.69 Å². The molecule has 0 spiro atoms. The lowest BCUT2D eigenvalue weighted by atomic mass is 10.2. The zero-order valence-electron chi connectivity index (χ0n) is 17.0. The molecule has 2 aromatic carbocycles. The summed E-state index contributed by atoms with van der Waals surface area (Å²) < 4.78 is 27.4. The highest BCUT2D eigenvalue weighted by atomic mass is 32.2. The number of nitro benzene ring substituents is 1. The molecule has 2 N–H and O–H groups in total. The summed E-state index contributed by atoms with van der Waals surface area (Å²) >= 11 is 2.53. The van der Waals surface area contributed by atoms with E-state index in [1.165, 1.54) is 29.5 Å². The molecule has 12 heteroatoms. The molecule has 9 nitrogen and oxygen atoms in total. The first kappa shape index (κ1) is 23.9. The molecule has 3 aromatic rings. The summed E-state index contributed by atoms with van der Waals surface area (Å²) in [5.41, 5.74) is 1.50. The monoisotopic (exact) mass is 492 g/mol. The molecule has 32 heavy (non-hydrogen) atoms. The number of hydrogen-bond donors (Lipinski definition) is 2. The summed E-state index contributed by atoms with van der Waals surface area (Å²) in [5, 5.41) is 15.8. The Balaban J connectivity index is 1.58. The zero-order valence-corrected chi connectivity index (χ0v) is 19.4. The summed E-state index contributed by atoms with van der Waals surface area (Å²) in [6.07, 6.45) is 0. The number of nitro groups is 1. The molecule has 0 atom stereocenters. The van der Waals surface area contributed by atoms with Crippen molar-refractivity contribution in [2.24, 2.45) is 0 Å². The zero-order chi connectivity index (χ0) is 23.1. The Labute approximate surface area is 193 Å². The van der Waals surface area contributed by atoms with Gasteiger partial charge in [0, 0.05) is 35.8 Å². The van der Waals surface area contributed by atoms with Crippen molar-refractivity contribution in [3.63, 3.8) is 0 Å². The molecule has 1 amide bonds. The maximum absolute atomic E-state index is 12.4. The smallest absolute Gasteiger partial charge is 0.284 e. The Morgan fingerprint density at radius 2 is 1.97 bits per heavy atom. The van der Waals surface area contributed by atoms with E-state index in [2.05, 4.69) is 15.0 Å². The molecule has 0 bridgehead atoms. The fourth-order valence-corrected chi connectivity index (χ4v) is 5.40. The van der Waals surface area contributed by atoms with E-state index in [4.69, 9.17) is 0 Å². The Morgan fingerprint density at radius 1 is 1.22 bits per heavy atom. The molecule has 0 aliphatic rings. The number of aromatic nitrogens is 1. The summed E-state index contributed by atoms with van der Waals surface area (Å²) in [4.78, 5) is 28.0. The van der Waals surface area contributed by atoms with Crippen LogP contribution >= 0.6 is 23.1 Å². The SMILES string of the molecule is Cc1csc(Sc2ccc(C(=O)NCCS(=O)(=O)NCc3ccccc3)cc2[N+](=O)[O-])n1. The van der Waals surface area contributed by atoms with Crippen molar-refractivity contribution in [3.05, 3.63) is 80.8 Å². The topological polar surface area (TPSA) is 131 Å². The van der Waals surface area contributed by atoms with Crippen LogP contribution in [0.15, 0.2) is 63.1 Å². The third-order valence-corrected chi connectivity index (χ3v) is 7.66. The highest BCUT2D eigenvalue weighted by Crippen LogP contribution is 2.36. The van der Waals surface area contributed by atoms with E-state index in [9.17, 15) is 23.3 Å². The standard InChI is InChI=1S/C20H20N4O5S3/c1-14-13-30-20(23-14)31-18-8-7-16(11-17(18)24(26)27)19(25)21-9-10-32(28,29)22-12-15-5-3-2-4-6-15/h2-8,11,13,22H,9-10,12H2,1H3,(H,21,25). The van der Waals surface area contributed by atoms with Crippen molar-refractivity contribution < 1.29 is 18.1 Å². The normalized spacial score (nSPS) is 11.3. The van der Waals surface area contributed by atoms with E-state index < -0.39 is 20.9 Å². The highest BCUT2D eigenvalue weighted by molar-refractivity contribution is 8.01. The maximum Gasteiger partial charge on any atom is 0.284 e. The average Bonchev–Trinajstić information content (AvgIpc) is 3.17. The van der Waals surface area contributed by atoms with Crippen LogP contribution < -0.4 is 10.0 Å². The predicted molar refractivity (Wildman–Crippen MR) is 123 cm³/mol. The number of nitrogens with zero attached hydrogens (tertiary/aromatic N) is 2. The van der Waals surface area contributed by atoms with Gasteiger partial charge in [-0.25, -0.2) is 18.1 Å². The lowest BCUT2D eigenvalue weighted by molar-refractivity contribution is -0.387. The second-order valence-electron chi connectivity index (χ2n) is 6.68. The molecule has 0 radical (unpaired) electrons. The summed E-state index contributed by atoms with van der Waals surface area (Å²) in [7, 11) is -3.60. The summed E-state index contributed by atoms with van der Waals surface area (Å²) in [5.74, 6) is -0.904. The van der Waals surface area contributed by atoms with Gasteiger partial charge in [-0.3, -0.25) is 14.9 Å². The number of rotatable bonds is 10. The van der Waals surface area contributed by atoms with Crippen molar-refractivity contribution in [1.29, 1.82) is 0 Å². The molecule has 3 rings (SSSR count). The van der Waals surface area contributed by atoms with E-state index in [1.54, 1.807) is 12.1 Å². The van der Waals surface area contributed by atoms with Crippen molar-refractivity contribution in [2.45, 2.75) is 22.7 Å². The molecule has 0 unspecified atom stereocenters. The van der Waals surface area contributed by atoms with Gasteiger partial charge < -0.3 is 5.32 Å². The van der Waals surface area contributed by atoms with Crippen LogP contribution in [0, 0.1) is 17.0 Å². The molecule has 0 aliphatic carbocycles. The first-order chi connectivity index (χ1) is 15.2. The summed E-state index contributed by atoms with van der Waals surface area (Å²) in [6.45, 7) is 1.85. The van der Waals surface area contributed by atoms with E-state index in [0.29, 0.717) is 9.24 Å². The third-order valence-electron chi connectivity index (χ3n) is 4.21. The van der Waals surface area contributed by atoms with Crippen molar-refractivity contribution in [1.82, 2.24) is 15.0 Å². The van der Waals surface area contributed by atoms with Gasteiger partial charge in [-0.1, -0.05) is 42.1 Å². The molecule has 0 aliphatic heterocycles. The number of nitrogens with one attached hydrogen (secondary N) is 2. The number of hydrogen-bond acceptors (Lipinski definition) is 8. The minimum Gasteiger partial charge on any atom is -0.351 e. The molecule has 1 heterocycles. The number of carbonyl (C=O) groups is 1. The van der Waals surface area contributed by atoms with Gasteiger partial charge in [-0.2, -0.15) is 0 Å². The van der Waals surface area contributed by atoms with Crippen LogP contribution in [0.3, 0.4) is 0 Å². The highest BCUT2D eigenvalue weighted by Gasteiger charge is 2.20. The van der Waals surface area contributed by atoms with Gasteiger partial charge in [-0.05, 0) is 24.6 Å². The second-order valence-corrected chi connectivity index (χ2v) is 10.8. The minimum atomic E-state index is -3.60. The van der Waals surface area contributed by atoms with Crippen LogP contribution in [-0.4, -0.2) is 36.5 Å². The first-order valence-corrected chi connectivity index (χ1v) is 12.8. The number of thiazole rings is 1. The van der Waals surface area contributed by atoms with Crippen molar-refractivity contribution >= 4 is 44.7 Å². The van der Waals surface area contributed by atoms with Gasteiger partial charge in [-0.15, -0.1) is 11.3 Å². The number of carbonyl (C=O) groups excluding carboxylic acids is 1. The quantitative estimate of drug-likeness (QED) is 0.328. The Bertz CT molecular complexity index is 1210. The molecular formula is C20H20N4O5S3. The number of amides is 1. The predicted octanol–water partition coefficient (Wildman–Crippen LogP) is 3.36. The fourth-order valence-electron chi connectivity index (χ4n) is 2.62. The molecule has 0 saturated heterocycles. The lowest BCUT2D eigenvalue weighted by Crippen LogP contribution is -2.34. The van der Waals surface area contributed by atoms with Gasteiger partial charge >= 0.3 is 0 Å². The molecule has 1 aromatic heterocycles. The Kier molecular flexibility index (Phi) is 7.96. The van der Waals surface area contributed by atoms with Crippen LogP contribution in [0.2, 0.25) is 0 Å². The van der Waals surface area contributed by atoms with Crippen LogP contribution in [0.5, 0.6) is 0 Å². The van der Waals surface area contributed by atoms with Crippen LogP contribution in [0.25, 0.3) is 0 Å². The molecule has 0 fully saturated rings. The lowest BCUT2D eigenvalue weighted by Gasteiger charge is -2.09. The minimum absolute atomic E-state index is 0.0750. The Morgan fingerprint density at radius 3 is 2.62 bits per heavy atom. The van der Waals surface area contributed by atoms with E-state index in [1.807, 2.05) is 30.5 Å².